The Kier molecular flexibility index (Phi) is 3.41. The zero-order valence-corrected chi connectivity index (χ0v) is 14.1. The Hall–Kier alpha value is -3.29. The summed E-state index contributed by atoms with van der Waals surface area (Å²) < 4.78 is 3.49. The van der Waals surface area contributed by atoms with Crippen LogP contribution in [0.15, 0.2) is 49.3 Å². The molecule has 5 rings (SSSR count). The summed E-state index contributed by atoms with van der Waals surface area (Å²) in [6, 6.07) is 3.71. The van der Waals surface area contributed by atoms with E-state index in [-0.39, 0.29) is 11.9 Å². The van der Waals surface area contributed by atoms with Crippen molar-refractivity contribution >= 4 is 17.3 Å². The molecule has 4 aromatic rings. The maximum atomic E-state index is 13.3. The minimum atomic E-state index is -0.0587. The quantitative estimate of drug-likeness (QED) is 0.555. The summed E-state index contributed by atoms with van der Waals surface area (Å²) in [4.78, 5) is 28.4. The molecule has 0 spiro atoms. The van der Waals surface area contributed by atoms with Gasteiger partial charge in [0.1, 0.15) is 5.56 Å². The molecule has 0 N–H and O–H groups in total. The van der Waals surface area contributed by atoms with Crippen LogP contribution in [0.5, 0.6) is 0 Å². The van der Waals surface area contributed by atoms with E-state index in [4.69, 9.17) is 0 Å². The number of hydrogen-bond donors (Lipinski definition) is 0. The Balaban J connectivity index is 1.54. The van der Waals surface area contributed by atoms with Gasteiger partial charge < -0.3 is 4.90 Å². The lowest BCUT2D eigenvalue weighted by molar-refractivity contribution is 0.0608. The molecule has 0 aliphatic carbocycles. The summed E-state index contributed by atoms with van der Waals surface area (Å²) in [5.74, 6) is 0.603. The molecular formula is C18H17N7O. The van der Waals surface area contributed by atoms with Crippen LogP contribution >= 0.6 is 0 Å². The molecule has 1 atom stereocenters. The fraction of sp³-hybridized carbons (Fsp3) is 0.278. The predicted molar refractivity (Wildman–Crippen MR) is 93.6 cm³/mol. The topological polar surface area (TPSA) is 80.7 Å². The van der Waals surface area contributed by atoms with Gasteiger partial charge in [-0.1, -0.05) is 0 Å². The number of fused-ring (bicyclic) bond motifs is 2. The van der Waals surface area contributed by atoms with Gasteiger partial charge in [0.2, 0.25) is 5.78 Å². The molecule has 0 aromatic carbocycles. The van der Waals surface area contributed by atoms with E-state index in [1.165, 1.54) is 0 Å². The lowest BCUT2D eigenvalue weighted by atomic mass is 9.98. The molecule has 0 bridgehead atoms. The van der Waals surface area contributed by atoms with E-state index in [0.717, 1.165) is 25.0 Å². The van der Waals surface area contributed by atoms with Gasteiger partial charge in [0.15, 0.2) is 5.65 Å². The predicted octanol–water partition coefficient (Wildman–Crippen LogP) is 2.14. The summed E-state index contributed by atoms with van der Waals surface area (Å²) in [6.45, 7) is 0.703. The molecule has 8 heteroatoms. The van der Waals surface area contributed by atoms with Crippen molar-refractivity contribution in [3.63, 3.8) is 0 Å². The Morgan fingerprint density at radius 2 is 2.08 bits per heavy atom. The number of rotatable bonds is 2. The molecule has 4 aromatic heterocycles. The van der Waals surface area contributed by atoms with Crippen molar-refractivity contribution in [1.29, 1.82) is 0 Å². The van der Waals surface area contributed by atoms with Gasteiger partial charge in [0.25, 0.3) is 5.91 Å². The van der Waals surface area contributed by atoms with E-state index < -0.39 is 0 Å². The highest BCUT2D eigenvalue weighted by atomic mass is 16.2. The summed E-state index contributed by atoms with van der Waals surface area (Å²) in [7, 11) is 0. The molecule has 1 fully saturated rings. The second kappa shape index (κ2) is 5.91. The van der Waals surface area contributed by atoms with Gasteiger partial charge in [0, 0.05) is 37.5 Å². The fourth-order valence-electron chi connectivity index (χ4n) is 3.62. The number of likely N-dealkylation sites (tertiary alicyclic amines) is 1. The minimum Gasteiger partial charge on any atom is -0.330 e. The van der Waals surface area contributed by atoms with Gasteiger partial charge in [-0.3, -0.25) is 9.20 Å². The highest BCUT2D eigenvalue weighted by Crippen LogP contribution is 2.31. The van der Waals surface area contributed by atoms with Gasteiger partial charge in [-0.05, 0) is 31.4 Å². The van der Waals surface area contributed by atoms with E-state index in [0.29, 0.717) is 23.5 Å². The summed E-state index contributed by atoms with van der Waals surface area (Å²) in [5, 5.41) is 4.24. The van der Waals surface area contributed by atoms with Crippen molar-refractivity contribution in [3.8, 4) is 0 Å². The Morgan fingerprint density at radius 1 is 1.12 bits per heavy atom. The molecule has 5 heterocycles. The SMILES string of the molecule is O=C(c1cnn2cccnc12)N1CCCC[C@H]1c1ccn2ccnc2n1. The number of hydrogen-bond acceptors (Lipinski definition) is 5. The first-order valence-electron chi connectivity index (χ1n) is 8.70. The molecule has 0 radical (unpaired) electrons. The minimum absolute atomic E-state index is 0.0478. The van der Waals surface area contributed by atoms with Crippen LogP contribution in [0.3, 0.4) is 0 Å². The van der Waals surface area contributed by atoms with Gasteiger partial charge in [0.05, 0.1) is 17.9 Å². The molecule has 1 aliphatic heterocycles. The van der Waals surface area contributed by atoms with Gasteiger partial charge in [-0.25, -0.2) is 19.5 Å². The van der Waals surface area contributed by atoms with Crippen molar-refractivity contribution in [3.05, 3.63) is 60.6 Å². The van der Waals surface area contributed by atoms with Gasteiger partial charge in [-0.2, -0.15) is 5.10 Å². The van der Waals surface area contributed by atoms with Crippen molar-refractivity contribution in [2.24, 2.45) is 0 Å². The summed E-state index contributed by atoms with van der Waals surface area (Å²) in [5.41, 5.74) is 1.99. The van der Waals surface area contributed by atoms with Crippen LogP contribution in [0.25, 0.3) is 11.4 Å². The van der Waals surface area contributed by atoms with E-state index in [1.54, 1.807) is 35.4 Å². The number of imidazole rings is 1. The van der Waals surface area contributed by atoms with Crippen molar-refractivity contribution in [2.45, 2.75) is 25.3 Å². The molecule has 0 saturated carbocycles. The lowest BCUT2D eigenvalue weighted by Gasteiger charge is -2.35. The first-order chi connectivity index (χ1) is 12.8. The zero-order chi connectivity index (χ0) is 17.5. The van der Waals surface area contributed by atoms with E-state index in [9.17, 15) is 4.79 Å². The second-order valence-electron chi connectivity index (χ2n) is 6.44. The number of nitrogens with zero attached hydrogens (tertiary/aromatic N) is 7. The molecule has 130 valence electrons. The van der Waals surface area contributed by atoms with E-state index in [2.05, 4.69) is 20.1 Å². The van der Waals surface area contributed by atoms with Crippen LogP contribution in [0.1, 0.15) is 41.4 Å². The largest absolute Gasteiger partial charge is 0.330 e. The van der Waals surface area contributed by atoms with Crippen LogP contribution in [-0.2, 0) is 0 Å². The Labute approximate surface area is 149 Å². The highest BCUT2D eigenvalue weighted by Gasteiger charge is 2.31. The monoisotopic (exact) mass is 347 g/mol. The van der Waals surface area contributed by atoms with E-state index in [1.807, 2.05) is 27.8 Å². The van der Waals surface area contributed by atoms with E-state index >= 15 is 0 Å². The third-order valence-corrected chi connectivity index (χ3v) is 4.90. The maximum Gasteiger partial charge on any atom is 0.259 e. The number of amides is 1. The summed E-state index contributed by atoms with van der Waals surface area (Å²) in [6.07, 6.45) is 13.5. The molecular weight excluding hydrogens is 330 g/mol. The molecule has 1 amide bonds. The van der Waals surface area contributed by atoms with Crippen LogP contribution in [0.4, 0.5) is 0 Å². The smallest absolute Gasteiger partial charge is 0.259 e. The van der Waals surface area contributed by atoms with Crippen LogP contribution < -0.4 is 0 Å². The fourth-order valence-corrected chi connectivity index (χ4v) is 3.62. The first kappa shape index (κ1) is 15.0. The van der Waals surface area contributed by atoms with Gasteiger partial charge in [-0.15, -0.1) is 0 Å². The maximum absolute atomic E-state index is 13.3. The number of aromatic nitrogens is 6. The third-order valence-electron chi connectivity index (χ3n) is 4.90. The average Bonchev–Trinajstić information content (AvgIpc) is 3.33. The lowest BCUT2D eigenvalue weighted by Crippen LogP contribution is -2.39. The number of carbonyl (C=O) groups excluding carboxylic acids is 1. The molecule has 8 nitrogen and oxygen atoms in total. The molecule has 0 unspecified atom stereocenters. The standard InChI is InChI=1S/C18H17N7O/c26-17(13-12-21-25-9-3-6-19-16(13)25)24-8-2-1-4-15(24)14-5-10-23-11-7-20-18(23)22-14/h3,5-7,9-12,15H,1-2,4,8H2/t15-/m0/s1. The Bertz CT molecular complexity index is 1100. The summed E-state index contributed by atoms with van der Waals surface area (Å²) >= 11 is 0. The van der Waals surface area contributed by atoms with Gasteiger partial charge >= 0.3 is 0 Å². The normalized spacial score (nSPS) is 17.8. The molecule has 1 aliphatic rings. The zero-order valence-electron chi connectivity index (χ0n) is 14.1. The number of carbonyl (C=O) groups is 1. The Morgan fingerprint density at radius 3 is 3.04 bits per heavy atom. The van der Waals surface area contributed by atoms with Crippen LogP contribution in [-0.4, -0.2) is 46.3 Å². The van der Waals surface area contributed by atoms with Crippen LogP contribution in [0, 0.1) is 0 Å². The van der Waals surface area contributed by atoms with Crippen LogP contribution in [0.2, 0.25) is 0 Å². The third kappa shape index (κ3) is 2.33. The second-order valence-corrected chi connectivity index (χ2v) is 6.44. The van der Waals surface area contributed by atoms with Crippen molar-refractivity contribution in [1.82, 2.24) is 33.9 Å². The number of piperidine rings is 1. The first-order valence-corrected chi connectivity index (χ1v) is 8.70. The molecule has 1 saturated heterocycles. The molecule has 26 heavy (non-hydrogen) atoms. The highest BCUT2D eigenvalue weighted by molar-refractivity contribution is 5.99. The van der Waals surface area contributed by atoms with Crippen molar-refractivity contribution < 1.29 is 4.79 Å². The van der Waals surface area contributed by atoms with Crippen molar-refractivity contribution in [2.75, 3.05) is 6.54 Å². The average molecular weight is 347 g/mol.